The van der Waals surface area contributed by atoms with Gasteiger partial charge in [0.2, 0.25) is 11.7 Å². The first-order chi connectivity index (χ1) is 17.5. The highest BCUT2D eigenvalue weighted by Gasteiger charge is 2.21. The molecule has 0 bridgehead atoms. The largest absolute Gasteiger partial charge is 0.495 e. The van der Waals surface area contributed by atoms with Crippen LogP contribution in [0.3, 0.4) is 0 Å². The van der Waals surface area contributed by atoms with Crippen LogP contribution in [0.25, 0.3) is 22.4 Å². The van der Waals surface area contributed by atoms with Crippen molar-refractivity contribution in [2.75, 3.05) is 19.9 Å². The van der Waals surface area contributed by atoms with Crippen LogP contribution in [0.15, 0.2) is 82.7 Å². The van der Waals surface area contributed by atoms with Gasteiger partial charge in [0, 0.05) is 13.6 Å². The fourth-order valence-electron chi connectivity index (χ4n) is 4.10. The number of hydrogen-bond acceptors (Lipinski definition) is 6. The van der Waals surface area contributed by atoms with E-state index >= 15 is 0 Å². The molecule has 9 heteroatoms. The van der Waals surface area contributed by atoms with Gasteiger partial charge in [-0.3, -0.25) is 14.0 Å². The van der Waals surface area contributed by atoms with Crippen LogP contribution in [0.1, 0.15) is 11.1 Å². The van der Waals surface area contributed by atoms with Crippen LogP contribution in [0, 0.1) is 6.92 Å². The highest BCUT2D eigenvalue weighted by Crippen LogP contribution is 2.27. The maximum Gasteiger partial charge on any atom is 0.267 e. The van der Waals surface area contributed by atoms with Crippen LogP contribution in [-0.4, -0.2) is 49.9 Å². The van der Waals surface area contributed by atoms with Gasteiger partial charge >= 0.3 is 0 Å². The van der Waals surface area contributed by atoms with Gasteiger partial charge in [0.25, 0.3) is 5.56 Å². The lowest BCUT2D eigenvalue weighted by Crippen LogP contribution is -2.27. The van der Waals surface area contributed by atoms with E-state index in [2.05, 4.69) is 10.2 Å². The van der Waals surface area contributed by atoms with Crippen molar-refractivity contribution < 1.29 is 9.53 Å². The summed E-state index contributed by atoms with van der Waals surface area (Å²) in [6, 6.07) is 22.7. The van der Waals surface area contributed by atoms with E-state index in [0.717, 1.165) is 5.56 Å². The second kappa shape index (κ2) is 9.87. The zero-order chi connectivity index (χ0) is 25.2. The zero-order valence-electron chi connectivity index (χ0n) is 20.2. The number of fused-ring (bicyclic) bond motifs is 3. The van der Waals surface area contributed by atoms with E-state index in [0.29, 0.717) is 39.8 Å². The first kappa shape index (κ1) is 23.6. The summed E-state index contributed by atoms with van der Waals surface area (Å²) in [7, 11) is 3.35. The number of rotatable bonds is 7. The van der Waals surface area contributed by atoms with Crippen molar-refractivity contribution in [3.63, 3.8) is 0 Å². The van der Waals surface area contributed by atoms with Crippen molar-refractivity contribution in [1.29, 1.82) is 0 Å². The quantitative estimate of drug-likeness (QED) is 0.314. The van der Waals surface area contributed by atoms with Crippen LogP contribution in [-0.2, 0) is 11.3 Å². The molecule has 0 aliphatic heterocycles. The fourth-order valence-corrected chi connectivity index (χ4v) is 4.98. The van der Waals surface area contributed by atoms with E-state index in [1.54, 1.807) is 37.3 Å². The second-order valence-corrected chi connectivity index (χ2v) is 9.41. The third kappa shape index (κ3) is 4.33. The van der Waals surface area contributed by atoms with E-state index in [1.165, 1.54) is 21.9 Å². The number of benzene rings is 3. The molecule has 0 radical (unpaired) electrons. The Bertz CT molecular complexity index is 1620. The number of hydrogen-bond donors (Lipinski definition) is 0. The Kier molecular flexibility index (Phi) is 6.47. The van der Waals surface area contributed by atoms with Crippen molar-refractivity contribution >= 4 is 34.3 Å². The molecule has 2 heterocycles. The molecule has 1 amide bonds. The van der Waals surface area contributed by atoms with E-state index in [-0.39, 0.29) is 17.2 Å². The number of carbonyl (C=O) groups excluding carboxylic acids is 1. The summed E-state index contributed by atoms with van der Waals surface area (Å²) in [6.45, 7) is 2.56. The van der Waals surface area contributed by atoms with Gasteiger partial charge in [-0.15, -0.1) is 10.2 Å². The molecule has 0 fully saturated rings. The molecule has 0 N–H and O–H groups in total. The molecule has 0 unspecified atom stereocenters. The average Bonchev–Trinajstić information content (AvgIpc) is 3.32. The highest BCUT2D eigenvalue weighted by atomic mass is 32.2. The molecule has 5 rings (SSSR count). The molecule has 182 valence electrons. The van der Waals surface area contributed by atoms with Crippen molar-refractivity contribution in [2.45, 2.75) is 18.6 Å². The van der Waals surface area contributed by atoms with Crippen molar-refractivity contribution in [3.05, 3.63) is 94.3 Å². The van der Waals surface area contributed by atoms with Crippen molar-refractivity contribution in [2.24, 2.45) is 0 Å². The van der Waals surface area contributed by atoms with E-state index in [1.807, 2.05) is 65.9 Å². The number of aryl methyl sites for hydroxylation is 1. The van der Waals surface area contributed by atoms with Gasteiger partial charge in [0.05, 0.1) is 29.5 Å². The Hall–Kier alpha value is -4.11. The molecule has 5 aromatic rings. The maximum absolute atomic E-state index is 13.5. The Morgan fingerprint density at radius 2 is 1.72 bits per heavy atom. The minimum absolute atomic E-state index is 0.0281. The van der Waals surface area contributed by atoms with Crippen LogP contribution in [0.4, 0.5) is 0 Å². The number of nitrogens with zero attached hydrogens (tertiary/aromatic N) is 5. The number of ether oxygens (including phenoxy) is 1. The zero-order valence-corrected chi connectivity index (χ0v) is 21.0. The number of carbonyl (C=O) groups is 1. The van der Waals surface area contributed by atoms with Gasteiger partial charge in [-0.1, -0.05) is 65.9 Å². The molecule has 0 aliphatic carbocycles. The van der Waals surface area contributed by atoms with Crippen LogP contribution >= 0.6 is 11.8 Å². The molecule has 0 atom stereocenters. The second-order valence-electron chi connectivity index (χ2n) is 8.47. The lowest BCUT2D eigenvalue weighted by molar-refractivity contribution is -0.127. The molecule has 0 spiro atoms. The number of amides is 1. The van der Waals surface area contributed by atoms with Gasteiger partial charge in [-0.05, 0) is 36.8 Å². The Morgan fingerprint density at radius 1 is 1.00 bits per heavy atom. The Morgan fingerprint density at radius 3 is 2.50 bits per heavy atom. The van der Waals surface area contributed by atoms with Gasteiger partial charge in [-0.2, -0.15) is 0 Å². The summed E-state index contributed by atoms with van der Waals surface area (Å²) in [5.74, 6) is 1.05. The standard InChI is InChI=1S/C27H25N5O3S/c1-18-12-14-19(15-13-18)16-30(2)24(33)17-36-27-29-28-26-31(22-10-6-7-11-23(22)35-3)25(34)20-8-4-5-9-21(20)32(26)27/h4-15H,16-17H2,1-3H3. The minimum atomic E-state index is -0.222. The van der Waals surface area contributed by atoms with Crippen LogP contribution in [0.5, 0.6) is 5.75 Å². The highest BCUT2D eigenvalue weighted by molar-refractivity contribution is 7.99. The summed E-state index contributed by atoms with van der Waals surface area (Å²) >= 11 is 1.29. The number of methoxy groups -OCH3 is 1. The van der Waals surface area contributed by atoms with Gasteiger partial charge in [0.1, 0.15) is 5.75 Å². The molecule has 2 aromatic heterocycles. The first-order valence-corrected chi connectivity index (χ1v) is 12.4. The molecule has 0 saturated carbocycles. The average molecular weight is 500 g/mol. The van der Waals surface area contributed by atoms with Gasteiger partial charge in [-0.25, -0.2) is 4.57 Å². The predicted molar refractivity (Wildman–Crippen MR) is 141 cm³/mol. The van der Waals surface area contributed by atoms with Crippen LogP contribution in [0.2, 0.25) is 0 Å². The molecule has 8 nitrogen and oxygen atoms in total. The third-order valence-electron chi connectivity index (χ3n) is 6.01. The lowest BCUT2D eigenvalue weighted by Gasteiger charge is -2.17. The maximum atomic E-state index is 13.5. The van der Waals surface area contributed by atoms with E-state index < -0.39 is 0 Å². The summed E-state index contributed by atoms with van der Waals surface area (Å²) in [5.41, 5.74) is 3.28. The molecular weight excluding hydrogens is 474 g/mol. The lowest BCUT2D eigenvalue weighted by atomic mass is 10.1. The molecule has 0 saturated heterocycles. The van der Waals surface area contributed by atoms with E-state index in [9.17, 15) is 9.59 Å². The summed E-state index contributed by atoms with van der Waals surface area (Å²) in [6.07, 6.45) is 0. The topological polar surface area (TPSA) is 81.7 Å². The smallest absolute Gasteiger partial charge is 0.267 e. The summed E-state index contributed by atoms with van der Waals surface area (Å²) in [4.78, 5) is 28.1. The van der Waals surface area contributed by atoms with Crippen LogP contribution < -0.4 is 10.3 Å². The number of aromatic nitrogens is 4. The molecule has 0 aliphatic rings. The SMILES string of the molecule is COc1ccccc1-n1c(=O)c2ccccc2n2c(SCC(=O)N(C)Cc3ccc(C)cc3)nnc12. The monoisotopic (exact) mass is 499 g/mol. The predicted octanol–water partition coefficient (Wildman–Crippen LogP) is 4.10. The number of para-hydroxylation sites is 3. The van der Waals surface area contributed by atoms with Crippen molar-refractivity contribution in [1.82, 2.24) is 24.1 Å². The minimum Gasteiger partial charge on any atom is -0.495 e. The van der Waals surface area contributed by atoms with Gasteiger partial charge in [0.15, 0.2) is 5.16 Å². The van der Waals surface area contributed by atoms with E-state index in [4.69, 9.17) is 4.74 Å². The van der Waals surface area contributed by atoms with Crippen molar-refractivity contribution in [3.8, 4) is 11.4 Å². The summed E-state index contributed by atoms with van der Waals surface area (Å²) < 4.78 is 8.83. The molecule has 36 heavy (non-hydrogen) atoms. The van der Waals surface area contributed by atoms with Gasteiger partial charge < -0.3 is 9.64 Å². The number of thioether (sulfide) groups is 1. The Labute approximate surface area is 212 Å². The Balaban J connectivity index is 1.51. The normalized spacial score (nSPS) is 11.2. The fraction of sp³-hybridized carbons (Fsp3) is 0.185. The summed E-state index contributed by atoms with van der Waals surface area (Å²) in [5, 5.41) is 9.76. The molecular formula is C27H25N5O3S. The molecule has 3 aromatic carbocycles. The first-order valence-electron chi connectivity index (χ1n) is 11.4. The third-order valence-corrected chi connectivity index (χ3v) is 6.93.